The second kappa shape index (κ2) is 6.19. The number of aromatic nitrogens is 1. The van der Waals surface area contributed by atoms with Crippen molar-refractivity contribution in [3.63, 3.8) is 0 Å². The van der Waals surface area contributed by atoms with E-state index in [1.807, 2.05) is 13.2 Å². The van der Waals surface area contributed by atoms with Gasteiger partial charge in [-0.1, -0.05) is 13.3 Å². The highest BCUT2D eigenvalue weighted by molar-refractivity contribution is 5.42. The summed E-state index contributed by atoms with van der Waals surface area (Å²) >= 11 is 0. The zero-order valence-electron chi connectivity index (χ0n) is 11.8. The zero-order valence-corrected chi connectivity index (χ0v) is 11.8. The first kappa shape index (κ1) is 13.3. The molecule has 2 heterocycles. The summed E-state index contributed by atoms with van der Waals surface area (Å²) in [6.45, 7) is 6.80. The highest BCUT2D eigenvalue weighted by Gasteiger charge is 2.22. The molecule has 1 aliphatic heterocycles. The maximum absolute atomic E-state index is 4.53. The third-order valence-corrected chi connectivity index (χ3v) is 4.01. The predicted molar refractivity (Wildman–Crippen MR) is 76.9 cm³/mol. The van der Waals surface area contributed by atoms with Crippen LogP contribution in [0.1, 0.15) is 44.7 Å². The van der Waals surface area contributed by atoms with Gasteiger partial charge in [0.05, 0.1) is 0 Å². The third-order valence-electron chi connectivity index (χ3n) is 4.01. The Morgan fingerprint density at radius 2 is 2.39 bits per heavy atom. The van der Waals surface area contributed by atoms with Crippen molar-refractivity contribution >= 4 is 5.82 Å². The zero-order chi connectivity index (χ0) is 13.0. The lowest BCUT2D eigenvalue weighted by molar-refractivity contribution is 0.529. The van der Waals surface area contributed by atoms with Gasteiger partial charge in [-0.25, -0.2) is 4.98 Å². The minimum Gasteiger partial charge on any atom is -0.356 e. The van der Waals surface area contributed by atoms with Crippen molar-refractivity contribution < 1.29 is 0 Å². The standard InChI is InChI=1S/C15H25N3/c1-4-5-13-7-9-18(11-13)15-10-14(6-8-17-15)12(2)16-3/h6,8,10,12-13,16H,4-5,7,9,11H2,1-3H3. The average Bonchev–Trinajstić information content (AvgIpc) is 2.87. The first-order valence-electron chi connectivity index (χ1n) is 7.12. The number of hydrogen-bond donors (Lipinski definition) is 1. The highest BCUT2D eigenvalue weighted by atomic mass is 15.2. The Morgan fingerprint density at radius 3 is 3.11 bits per heavy atom. The van der Waals surface area contributed by atoms with Crippen molar-refractivity contribution in [1.82, 2.24) is 10.3 Å². The number of rotatable bonds is 5. The normalized spacial score (nSPS) is 21.3. The molecule has 0 aromatic carbocycles. The van der Waals surface area contributed by atoms with Gasteiger partial charge in [0.25, 0.3) is 0 Å². The molecule has 2 atom stereocenters. The molecule has 1 aromatic rings. The number of anilines is 1. The fraction of sp³-hybridized carbons (Fsp3) is 0.667. The summed E-state index contributed by atoms with van der Waals surface area (Å²) in [6, 6.07) is 4.72. The van der Waals surface area contributed by atoms with Crippen molar-refractivity contribution in [3.05, 3.63) is 23.9 Å². The van der Waals surface area contributed by atoms with Gasteiger partial charge < -0.3 is 10.2 Å². The molecule has 18 heavy (non-hydrogen) atoms. The van der Waals surface area contributed by atoms with E-state index in [0.717, 1.165) is 18.3 Å². The van der Waals surface area contributed by atoms with E-state index in [0.29, 0.717) is 6.04 Å². The van der Waals surface area contributed by atoms with E-state index in [1.165, 1.54) is 31.4 Å². The van der Waals surface area contributed by atoms with Crippen LogP contribution in [0.2, 0.25) is 0 Å². The fourth-order valence-corrected chi connectivity index (χ4v) is 2.73. The van der Waals surface area contributed by atoms with Gasteiger partial charge in [0, 0.05) is 25.3 Å². The van der Waals surface area contributed by atoms with Crippen LogP contribution in [0.25, 0.3) is 0 Å². The summed E-state index contributed by atoms with van der Waals surface area (Å²) in [6.07, 6.45) is 5.90. The summed E-state index contributed by atoms with van der Waals surface area (Å²) in [5, 5.41) is 3.28. The van der Waals surface area contributed by atoms with Crippen molar-refractivity contribution in [2.45, 2.75) is 39.2 Å². The van der Waals surface area contributed by atoms with E-state index < -0.39 is 0 Å². The molecule has 0 saturated carbocycles. The van der Waals surface area contributed by atoms with Crippen LogP contribution in [-0.2, 0) is 0 Å². The molecule has 0 radical (unpaired) electrons. The van der Waals surface area contributed by atoms with Crippen LogP contribution in [0.4, 0.5) is 5.82 Å². The SMILES string of the molecule is CCCC1CCN(c2cc(C(C)NC)ccn2)C1. The van der Waals surface area contributed by atoms with E-state index in [-0.39, 0.29) is 0 Å². The summed E-state index contributed by atoms with van der Waals surface area (Å²) in [4.78, 5) is 6.97. The largest absolute Gasteiger partial charge is 0.356 e. The van der Waals surface area contributed by atoms with Crippen LogP contribution in [0.3, 0.4) is 0 Å². The van der Waals surface area contributed by atoms with Gasteiger partial charge in [0.2, 0.25) is 0 Å². The molecule has 1 N–H and O–H groups in total. The molecule has 1 saturated heterocycles. The maximum atomic E-state index is 4.53. The first-order chi connectivity index (χ1) is 8.74. The third kappa shape index (κ3) is 3.02. The van der Waals surface area contributed by atoms with E-state index >= 15 is 0 Å². The number of pyridine rings is 1. The molecule has 1 aromatic heterocycles. The molecule has 1 fully saturated rings. The highest BCUT2D eigenvalue weighted by Crippen LogP contribution is 2.26. The second-order valence-electron chi connectivity index (χ2n) is 5.35. The molecule has 2 unspecified atom stereocenters. The minimum atomic E-state index is 0.390. The molecule has 0 amide bonds. The molecule has 1 aliphatic rings. The van der Waals surface area contributed by atoms with Gasteiger partial charge in [0.1, 0.15) is 5.82 Å². The Kier molecular flexibility index (Phi) is 4.59. The molecular weight excluding hydrogens is 222 g/mol. The molecule has 0 aliphatic carbocycles. The lowest BCUT2D eigenvalue weighted by Crippen LogP contribution is -2.21. The predicted octanol–water partition coefficient (Wildman–Crippen LogP) is 2.99. The lowest BCUT2D eigenvalue weighted by Gasteiger charge is -2.19. The van der Waals surface area contributed by atoms with E-state index in [9.17, 15) is 0 Å². The molecule has 3 heteroatoms. The van der Waals surface area contributed by atoms with E-state index in [1.54, 1.807) is 0 Å². The molecule has 0 spiro atoms. The van der Waals surface area contributed by atoms with Crippen LogP contribution in [-0.4, -0.2) is 25.1 Å². The number of hydrogen-bond acceptors (Lipinski definition) is 3. The molecule has 3 nitrogen and oxygen atoms in total. The van der Waals surface area contributed by atoms with Gasteiger partial charge in [-0.15, -0.1) is 0 Å². The quantitative estimate of drug-likeness (QED) is 0.867. The molecule has 100 valence electrons. The minimum absolute atomic E-state index is 0.390. The van der Waals surface area contributed by atoms with Gasteiger partial charge >= 0.3 is 0 Å². The van der Waals surface area contributed by atoms with Crippen molar-refractivity contribution in [3.8, 4) is 0 Å². The van der Waals surface area contributed by atoms with Crippen LogP contribution >= 0.6 is 0 Å². The fourth-order valence-electron chi connectivity index (χ4n) is 2.73. The summed E-state index contributed by atoms with van der Waals surface area (Å²) in [7, 11) is 2.00. The van der Waals surface area contributed by atoms with Crippen LogP contribution < -0.4 is 10.2 Å². The topological polar surface area (TPSA) is 28.2 Å². The maximum Gasteiger partial charge on any atom is 0.128 e. The monoisotopic (exact) mass is 247 g/mol. The van der Waals surface area contributed by atoms with Crippen LogP contribution in [0.15, 0.2) is 18.3 Å². The van der Waals surface area contributed by atoms with Gasteiger partial charge in [-0.3, -0.25) is 0 Å². The Bertz CT molecular complexity index is 378. The lowest BCUT2D eigenvalue weighted by atomic mass is 10.0. The Labute approximate surface area is 111 Å². The Balaban J connectivity index is 2.05. The average molecular weight is 247 g/mol. The van der Waals surface area contributed by atoms with Crippen molar-refractivity contribution in [2.24, 2.45) is 5.92 Å². The summed E-state index contributed by atoms with van der Waals surface area (Å²) in [5.74, 6) is 2.01. The van der Waals surface area contributed by atoms with Gasteiger partial charge in [-0.05, 0) is 50.4 Å². The molecule has 2 rings (SSSR count). The number of nitrogens with zero attached hydrogens (tertiary/aromatic N) is 2. The molecule has 0 bridgehead atoms. The van der Waals surface area contributed by atoms with Crippen molar-refractivity contribution in [1.29, 1.82) is 0 Å². The summed E-state index contributed by atoms with van der Waals surface area (Å²) in [5.41, 5.74) is 1.32. The number of nitrogens with one attached hydrogen (secondary N) is 1. The van der Waals surface area contributed by atoms with Crippen molar-refractivity contribution in [2.75, 3.05) is 25.0 Å². The Hall–Kier alpha value is -1.09. The first-order valence-corrected chi connectivity index (χ1v) is 7.12. The van der Waals surface area contributed by atoms with E-state index in [2.05, 4.69) is 41.2 Å². The smallest absolute Gasteiger partial charge is 0.128 e. The van der Waals surface area contributed by atoms with Gasteiger partial charge in [0.15, 0.2) is 0 Å². The van der Waals surface area contributed by atoms with Gasteiger partial charge in [-0.2, -0.15) is 0 Å². The van der Waals surface area contributed by atoms with Crippen LogP contribution in [0.5, 0.6) is 0 Å². The summed E-state index contributed by atoms with van der Waals surface area (Å²) < 4.78 is 0. The molecular formula is C15H25N3. The second-order valence-corrected chi connectivity index (χ2v) is 5.35. The Morgan fingerprint density at radius 1 is 1.56 bits per heavy atom. The van der Waals surface area contributed by atoms with E-state index in [4.69, 9.17) is 0 Å². The van der Waals surface area contributed by atoms with Crippen LogP contribution in [0, 0.1) is 5.92 Å².